The second-order valence-electron chi connectivity index (χ2n) is 4.85. The minimum atomic E-state index is 0.0884. The van der Waals surface area contributed by atoms with Crippen molar-refractivity contribution >= 4 is 0 Å². The lowest BCUT2D eigenvalue weighted by molar-refractivity contribution is 0.202. The van der Waals surface area contributed by atoms with Crippen molar-refractivity contribution in [1.29, 1.82) is 0 Å². The van der Waals surface area contributed by atoms with E-state index in [1.807, 2.05) is 6.92 Å². The Morgan fingerprint density at radius 2 is 1.47 bits per heavy atom. The maximum atomic E-state index is 5.86. The Hall–Kier alpha value is -1.64. The van der Waals surface area contributed by atoms with Gasteiger partial charge >= 0.3 is 0 Å². The number of hydrogen-bond acceptors (Lipinski definition) is 2. The van der Waals surface area contributed by atoms with Gasteiger partial charge in [0, 0.05) is 13.2 Å². The van der Waals surface area contributed by atoms with Crippen molar-refractivity contribution in [1.82, 2.24) is 0 Å². The fourth-order valence-corrected chi connectivity index (χ4v) is 2.06. The molecule has 0 radical (unpaired) electrons. The summed E-state index contributed by atoms with van der Waals surface area (Å²) in [6, 6.07) is 17.2. The Balaban J connectivity index is 2.13. The third kappa shape index (κ3) is 3.66. The fraction of sp³-hybridized carbons (Fsp3) is 0.294. The van der Waals surface area contributed by atoms with Crippen LogP contribution >= 0.6 is 0 Å². The standard InChI is InChI=1S/C17H21NO/c1-13(18)15-7-9-17(10-8-15)16-5-3-14(4-6-16)11-12-19-2/h3-10,13H,11-12,18H2,1-2H3. The van der Waals surface area contributed by atoms with Crippen LogP contribution < -0.4 is 5.73 Å². The molecule has 2 heteroatoms. The van der Waals surface area contributed by atoms with Gasteiger partial charge in [-0.05, 0) is 35.6 Å². The van der Waals surface area contributed by atoms with Crippen molar-refractivity contribution in [3.8, 4) is 11.1 Å². The van der Waals surface area contributed by atoms with Gasteiger partial charge in [0.05, 0.1) is 6.61 Å². The van der Waals surface area contributed by atoms with Gasteiger partial charge in [-0.1, -0.05) is 48.5 Å². The van der Waals surface area contributed by atoms with E-state index in [-0.39, 0.29) is 6.04 Å². The van der Waals surface area contributed by atoms with Crippen LogP contribution in [-0.2, 0) is 11.2 Å². The lowest BCUT2D eigenvalue weighted by atomic mass is 10.0. The van der Waals surface area contributed by atoms with Crippen LogP contribution in [0.2, 0.25) is 0 Å². The maximum absolute atomic E-state index is 5.86. The molecule has 0 aliphatic carbocycles. The highest BCUT2D eigenvalue weighted by atomic mass is 16.5. The summed E-state index contributed by atoms with van der Waals surface area (Å²) in [5.74, 6) is 0. The Kier molecular flexibility index (Phi) is 4.72. The van der Waals surface area contributed by atoms with E-state index in [1.54, 1.807) is 7.11 Å². The van der Waals surface area contributed by atoms with Crippen LogP contribution in [0.15, 0.2) is 48.5 Å². The molecule has 0 amide bonds. The number of rotatable bonds is 5. The second-order valence-corrected chi connectivity index (χ2v) is 4.85. The first-order valence-electron chi connectivity index (χ1n) is 6.64. The number of hydrogen-bond donors (Lipinski definition) is 1. The highest BCUT2D eigenvalue weighted by Crippen LogP contribution is 2.22. The zero-order valence-electron chi connectivity index (χ0n) is 11.6. The van der Waals surface area contributed by atoms with E-state index < -0.39 is 0 Å². The Morgan fingerprint density at radius 1 is 0.947 bits per heavy atom. The normalized spacial score (nSPS) is 12.4. The summed E-state index contributed by atoms with van der Waals surface area (Å²) >= 11 is 0. The van der Waals surface area contributed by atoms with Crippen molar-refractivity contribution in [3.05, 3.63) is 59.7 Å². The molecule has 100 valence electrons. The fourth-order valence-electron chi connectivity index (χ4n) is 2.06. The number of benzene rings is 2. The average Bonchev–Trinajstić information content (AvgIpc) is 2.46. The smallest absolute Gasteiger partial charge is 0.0502 e. The summed E-state index contributed by atoms with van der Waals surface area (Å²) in [5.41, 5.74) is 10.8. The molecule has 1 atom stereocenters. The molecule has 0 saturated heterocycles. The van der Waals surface area contributed by atoms with Gasteiger partial charge < -0.3 is 10.5 Å². The predicted octanol–water partition coefficient (Wildman–Crippen LogP) is 3.56. The molecule has 2 nitrogen and oxygen atoms in total. The van der Waals surface area contributed by atoms with Crippen LogP contribution in [0.1, 0.15) is 24.1 Å². The summed E-state index contributed by atoms with van der Waals surface area (Å²) in [7, 11) is 1.73. The van der Waals surface area contributed by atoms with E-state index in [0.29, 0.717) is 0 Å². The molecule has 2 N–H and O–H groups in total. The van der Waals surface area contributed by atoms with Crippen molar-refractivity contribution in [2.45, 2.75) is 19.4 Å². The quantitative estimate of drug-likeness (QED) is 0.886. The molecule has 0 aliphatic heterocycles. The molecule has 0 fully saturated rings. The first kappa shape index (κ1) is 13.8. The van der Waals surface area contributed by atoms with Gasteiger partial charge in [-0.25, -0.2) is 0 Å². The molecule has 2 aromatic carbocycles. The third-order valence-electron chi connectivity index (χ3n) is 3.32. The lowest BCUT2D eigenvalue weighted by Crippen LogP contribution is -2.04. The monoisotopic (exact) mass is 255 g/mol. The lowest BCUT2D eigenvalue weighted by Gasteiger charge is -2.08. The van der Waals surface area contributed by atoms with Crippen LogP contribution in [0.25, 0.3) is 11.1 Å². The van der Waals surface area contributed by atoms with Crippen LogP contribution in [0.4, 0.5) is 0 Å². The molecule has 0 aliphatic rings. The van der Waals surface area contributed by atoms with E-state index in [2.05, 4.69) is 48.5 Å². The molecule has 0 spiro atoms. The highest BCUT2D eigenvalue weighted by Gasteiger charge is 2.01. The SMILES string of the molecule is COCCc1ccc(-c2ccc(C(C)N)cc2)cc1. The van der Waals surface area contributed by atoms with Crippen LogP contribution in [-0.4, -0.2) is 13.7 Å². The topological polar surface area (TPSA) is 35.2 Å². The zero-order chi connectivity index (χ0) is 13.7. The number of nitrogens with two attached hydrogens (primary N) is 1. The molecule has 0 bridgehead atoms. The molecule has 1 unspecified atom stereocenters. The van der Waals surface area contributed by atoms with E-state index in [1.165, 1.54) is 22.3 Å². The Bertz CT molecular complexity index is 500. The highest BCUT2D eigenvalue weighted by molar-refractivity contribution is 5.64. The minimum Gasteiger partial charge on any atom is -0.384 e. The van der Waals surface area contributed by atoms with Gasteiger partial charge in [0.25, 0.3) is 0 Å². The van der Waals surface area contributed by atoms with Crippen LogP contribution in [0.3, 0.4) is 0 Å². The van der Waals surface area contributed by atoms with Crippen molar-refractivity contribution in [2.24, 2.45) is 5.73 Å². The summed E-state index contributed by atoms with van der Waals surface area (Å²) < 4.78 is 5.08. The summed E-state index contributed by atoms with van der Waals surface area (Å²) in [6.45, 7) is 2.77. The van der Waals surface area contributed by atoms with Crippen LogP contribution in [0.5, 0.6) is 0 Å². The van der Waals surface area contributed by atoms with Crippen molar-refractivity contribution in [3.63, 3.8) is 0 Å². The first-order chi connectivity index (χ1) is 9.20. The minimum absolute atomic E-state index is 0.0884. The molecule has 2 aromatic rings. The Labute approximate surface area is 115 Å². The zero-order valence-corrected chi connectivity index (χ0v) is 11.6. The van der Waals surface area contributed by atoms with E-state index in [9.17, 15) is 0 Å². The summed E-state index contributed by atoms with van der Waals surface area (Å²) in [5, 5.41) is 0. The summed E-state index contributed by atoms with van der Waals surface area (Å²) in [6.07, 6.45) is 0.959. The molecular weight excluding hydrogens is 234 g/mol. The predicted molar refractivity (Wildman–Crippen MR) is 80.1 cm³/mol. The molecule has 19 heavy (non-hydrogen) atoms. The largest absolute Gasteiger partial charge is 0.384 e. The van der Waals surface area contributed by atoms with E-state index in [0.717, 1.165) is 13.0 Å². The maximum Gasteiger partial charge on any atom is 0.0502 e. The molecule has 0 aromatic heterocycles. The number of ether oxygens (including phenoxy) is 1. The van der Waals surface area contributed by atoms with Crippen molar-refractivity contribution in [2.75, 3.05) is 13.7 Å². The molecule has 0 heterocycles. The molecule has 2 rings (SSSR count). The van der Waals surface area contributed by atoms with Crippen LogP contribution in [0, 0.1) is 0 Å². The molecular formula is C17H21NO. The van der Waals surface area contributed by atoms with Gasteiger partial charge in [-0.15, -0.1) is 0 Å². The Morgan fingerprint density at radius 3 is 1.95 bits per heavy atom. The average molecular weight is 255 g/mol. The van der Waals surface area contributed by atoms with Gasteiger partial charge in [0.2, 0.25) is 0 Å². The molecule has 0 saturated carbocycles. The van der Waals surface area contributed by atoms with Gasteiger partial charge in [-0.3, -0.25) is 0 Å². The van der Waals surface area contributed by atoms with Gasteiger partial charge in [0.1, 0.15) is 0 Å². The van der Waals surface area contributed by atoms with Gasteiger partial charge in [0.15, 0.2) is 0 Å². The van der Waals surface area contributed by atoms with Gasteiger partial charge in [-0.2, -0.15) is 0 Å². The first-order valence-corrected chi connectivity index (χ1v) is 6.64. The van der Waals surface area contributed by atoms with E-state index >= 15 is 0 Å². The second kappa shape index (κ2) is 6.50. The van der Waals surface area contributed by atoms with Crippen molar-refractivity contribution < 1.29 is 4.74 Å². The van der Waals surface area contributed by atoms with E-state index in [4.69, 9.17) is 10.5 Å². The number of methoxy groups -OCH3 is 1. The summed E-state index contributed by atoms with van der Waals surface area (Å²) in [4.78, 5) is 0. The third-order valence-corrected chi connectivity index (χ3v) is 3.32.